The highest BCUT2D eigenvalue weighted by Gasteiger charge is 2.26. The van der Waals surface area contributed by atoms with Crippen LogP contribution in [0.3, 0.4) is 0 Å². The van der Waals surface area contributed by atoms with Gasteiger partial charge >= 0.3 is 0 Å². The third kappa shape index (κ3) is 20.5. The van der Waals surface area contributed by atoms with E-state index in [1.54, 1.807) is 0 Å². The summed E-state index contributed by atoms with van der Waals surface area (Å²) in [6.07, 6.45) is 22.9. The van der Waals surface area contributed by atoms with Gasteiger partial charge in [-0.3, -0.25) is 0 Å². The van der Waals surface area contributed by atoms with Gasteiger partial charge in [0.25, 0.3) is 0 Å². The summed E-state index contributed by atoms with van der Waals surface area (Å²) in [6.45, 7) is 1.54. The van der Waals surface area contributed by atoms with Gasteiger partial charge in [-0.15, -0.1) is 0 Å². The molecule has 0 bridgehead atoms. The van der Waals surface area contributed by atoms with Crippen LogP contribution < -0.4 is 5.73 Å². The molecule has 172 valence electrons. The summed E-state index contributed by atoms with van der Waals surface area (Å²) in [5, 5.41) is 34.0. The van der Waals surface area contributed by atoms with Crippen molar-refractivity contribution >= 4 is 0 Å². The van der Waals surface area contributed by atoms with Crippen molar-refractivity contribution in [1.82, 2.24) is 0 Å². The molecule has 0 atom stereocenters. The minimum absolute atomic E-state index is 0.406. The quantitative estimate of drug-likeness (QED) is 0.196. The summed E-state index contributed by atoms with van der Waals surface area (Å²) in [5.41, 5.74) is 4.37. The van der Waals surface area contributed by atoms with Gasteiger partial charge in [0.05, 0.1) is 31.8 Å². The second kappa shape index (κ2) is 24.8. The van der Waals surface area contributed by atoms with E-state index in [4.69, 9.17) is 26.2 Å². The van der Waals surface area contributed by atoms with Crippen molar-refractivity contribution in [3.05, 3.63) is 0 Å². The van der Waals surface area contributed by atoms with E-state index in [1.807, 2.05) is 0 Å². The molecule has 0 rings (SSSR count). The van der Waals surface area contributed by atoms with Crippen LogP contribution in [0, 0.1) is 5.41 Å². The zero-order valence-corrected chi connectivity index (χ0v) is 18.7. The van der Waals surface area contributed by atoms with Gasteiger partial charge in [0, 0.05) is 0 Å². The number of aliphatic hydroxyl groups is 4. The first-order chi connectivity index (χ1) is 13.7. The van der Waals surface area contributed by atoms with Gasteiger partial charge < -0.3 is 26.2 Å². The molecule has 0 aromatic heterocycles. The smallest absolute Gasteiger partial charge is 0.0627 e. The van der Waals surface area contributed by atoms with Crippen LogP contribution in [0.2, 0.25) is 0 Å². The van der Waals surface area contributed by atoms with Crippen LogP contribution >= 0.6 is 0 Å². The fraction of sp³-hybridized carbons (Fsp3) is 1.00. The summed E-state index contributed by atoms with van der Waals surface area (Å²) in [7, 11) is 0. The average Bonchev–Trinajstić information content (AvgIpc) is 2.73. The Hall–Kier alpha value is -0.200. The molecule has 0 aromatic rings. The molecular formula is C23H51NO4. The number of aliphatic hydroxyl groups excluding tert-OH is 4. The van der Waals surface area contributed by atoms with Crippen molar-refractivity contribution in [2.24, 2.45) is 11.1 Å². The van der Waals surface area contributed by atoms with E-state index in [2.05, 4.69) is 6.92 Å². The number of unbranched alkanes of at least 4 members (excludes halogenated alkanes) is 15. The molecule has 0 aliphatic rings. The first-order valence-corrected chi connectivity index (χ1v) is 11.8. The molecule has 0 aliphatic carbocycles. The third-order valence-electron chi connectivity index (χ3n) is 5.40. The fourth-order valence-electron chi connectivity index (χ4n) is 2.99. The molecule has 0 fully saturated rings. The van der Waals surface area contributed by atoms with Crippen LogP contribution in [0.15, 0.2) is 0 Å². The molecule has 0 heterocycles. The summed E-state index contributed by atoms with van der Waals surface area (Å²) in [4.78, 5) is 0. The summed E-state index contributed by atoms with van der Waals surface area (Å²) >= 11 is 0. The van der Waals surface area contributed by atoms with Crippen LogP contribution in [0.1, 0.15) is 110 Å². The zero-order chi connectivity index (χ0) is 21.3. The molecule has 0 saturated heterocycles. The van der Waals surface area contributed by atoms with Gasteiger partial charge in [0.2, 0.25) is 0 Å². The van der Waals surface area contributed by atoms with Crippen LogP contribution in [-0.4, -0.2) is 53.4 Å². The molecule has 0 amide bonds. The van der Waals surface area contributed by atoms with E-state index in [0.717, 1.165) is 6.54 Å². The Kier molecular flexibility index (Phi) is 26.6. The summed E-state index contributed by atoms with van der Waals surface area (Å²) in [6, 6.07) is 0. The molecule has 0 aromatic carbocycles. The standard InChI is InChI=1S/C18H39N.C5H12O4/c1-2-3-4-5-6-7-8-9-10-11-12-13-14-15-16-17-18-19;6-1-5(2-7,3-8)4-9/h2-19H2,1H3;6-9H,1-4H2. The largest absolute Gasteiger partial charge is 0.396 e. The van der Waals surface area contributed by atoms with Crippen LogP contribution in [0.5, 0.6) is 0 Å². The lowest BCUT2D eigenvalue weighted by Gasteiger charge is -2.23. The number of nitrogens with two attached hydrogens (primary N) is 1. The average molecular weight is 406 g/mol. The SMILES string of the molecule is CCCCCCCCCCCCCCCCCCN.OCC(CO)(CO)CO. The number of hydrogen-bond donors (Lipinski definition) is 5. The van der Waals surface area contributed by atoms with E-state index in [9.17, 15) is 0 Å². The minimum atomic E-state index is -1.11. The maximum atomic E-state index is 8.50. The van der Waals surface area contributed by atoms with Crippen LogP contribution in [-0.2, 0) is 0 Å². The molecule has 6 N–H and O–H groups in total. The van der Waals surface area contributed by atoms with Crippen molar-refractivity contribution in [1.29, 1.82) is 0 Å². The molecule has 0 saturated carbocycles. The Morgan fingerprint density at radius 3 is 0.893 bits per heavy atom. The molecule has 0 spiro atoms. The van der Waals surface area contributed by atoms with Crippen LogP contribution in [0.25, 0.3) is 0 Å². The Morgan fingerprint density at radius 2 is 0.714 bits per heavy atom. The Balaban J connectivity index is 0. The lowest BCUT2D eigenvalue weighted by molar-refractivity contribution is -0.0328. The number of rotatable bonds is 20. The maximum Gasteiger partial charge on any atom is 0.0627 e. The van der Waals surface area contributed by atoms with E-state index >= 15 is 0 Å². The predicted octanol–water partition coefficient (Wildman–Crippen LogP) is 4.15. The third-order valence-corrected chi connectivity index (χ3v) is 5.40. The van der Waals surface area contributed by atoms with Crippen LogP contribution in [0.4, 0.5) is 0 Å². The van der Waals surface area contributed by atoms with Gasteiger partial charge in [-0.05, 0) is 13.0 Å². The van der Waals surface area contributed by atoms with Gasteiger partial charge in [0.1, 0.15) is 0 Å². The topological polar surface area (TPSA) is 107 Å². The van der Waals surface area contributed by atoms with E-state index < -0.39 is 31.8 Å². The molecule has 0 radical (unpaired) electrons. The van der Waals surface area contributed by atoms with Gasteiger partial charge in [-0.25, -0.2) is 0 Å². The molecule has 28 heavy (non-hydrogen) atoms. The van der Waals surface area contributed by atoms with Crippen molar-refractivity contribution in [3.8, 4) is 0 Å². The lowest BCUT2D eigenvalue weighted by Crippen LogP contribution is -2.37. The fourth-order valence-corrected chi connectivity index (χ4v) is 2.99. The highest BCUT2D eigenvalue weighted by Crippen LogP contribution is 2.13. The second-order valence-corrected chi connectivity index (χ2v) is 8.22. The molecule has 5 heteroatoms. The highest BCUT2D eigenvalue weighted by atomic mass is 16.3. The van der Waals surface area contributed by atoms with E-state index in [0.29, 0.717) is 0 Å². The second-order valence-electron chi connectivity index (χ2n) is 8.22. The van der Waals surface area contributed by atoms with Crippen molar-refractivity contribution in [2.45, 2.75) is 110 Å². The van der Waals surface area contributed by atoms with Gasteiger partial charge in [-0.1, -0.05) is 103 Å². The maximum absolute atomic E-state index is 8.50. The first-order valence-electron chi connectivity index (χ1n) is 11.8. The molecular weight excluding hydrogens is 354 g/mol. The lowest BCUT2D eigenvalue weighted by atomic mass is 9.93. The van der Waals surface area contributed by atoms with Crippen molar-refractivity contribution in [3.63, 3.8) is 0 Å². The highest BCUT2D eigenvalue weighted by molar-refractivity contribution is 4.74. The van der Waals surface area contributed by atoms with E-state index in [1.165, 1.54) is 103 Å². The Labute approximate surface area is 174 Å². The van der Waals surface area contributed by atoms with Crippen molar-refractivity contribution < 1.29 is 20.4 Å². The summed E-state index contributed by atoms with van der Waals surface area (Å²) < 4.78 is 0. The summed E-state index contributed by atoms with van der Waals surface area (Å²) in [5.74, 6) is 0. The van der Waals surface area contributed by atoms with Gasteiger partial charge in [-0.2, -0.15) is 0 Å². The molecule has 5 nitrogen and oxygen atoms in total. The van der Waals surface area contributed by atoms with Crippen molar-refractivity contribution in [2.75, 3.05) is 33.0 Å². The normalized spacial score (nSPS) is 11.4. The predicted molar refractivity (Wildman–Crippen MR) is 119 cm³/mol. The minimum Gasteiger partial charge on any atom is -0.396 e. The number of hydrogen-bond acceptors (Lipinski definition) is 5. The molecule has 0 unspecified atom stereocenters. The van der Waals surface area contributed by atoms with E-state index in [-0.39, 0.29) is 0 Å². The first kappa shape index (κ1) is 30.0. The van der Waals surface area contributed by atoms with Gasteiger partial charge in [0.15, 0.2) is 0 Å². The Morgan fingerprint density at radius 1 is 0.464 bits per heavy atom. The zero-order valence-electron chi connectivity index (χ0n) is 18.7. The Bertz CT molecular complexity index is 240. The monoisotopic (exact) mass is 405 g/mol. The molecule has 0 aliphatic heterocycles.